The van der Waals surface area contributed by atoms with Crippen molar-refractivity contribution >= 4 is 12.0 Å². The zero-order valence-corrected chi connectivity index (χ0v) is 16.3. The van der Waals surface area contributed by atoms with Gasteiger partial charge in [-0.05, 0) is 63.8 Å². The molecule has 0 bridgehead atoms. The lowest BCUT2D eigenvalue weighted by atomic mass is 9.80. The van der Waals surface area contributed by atoms with Crippen LogP contribution >= 0.6 is 0 Å². The number of benzene rings is 1. The molecule has 2 fully saturated rings. The Balaban J connectivity index is 1.35. The smallest absolute Gasteiger partial charge is 0.407 e. The van der Waals surface area contributed by atoms with Gasteiger partial charge in [0.25, 0.3) is 11.8 Å². The van der Waals surface area contributed by atoms with Crippen molar-refractivity contribution in [3.8, 4) is 5.75 Å². The first-order valence-electron chi connectivity index (χ1n) is 9.44. The highest BCUT2D eigenvalue weighted by Crippen LogP contribution is 2.44. The minimum atomic E-state index is -2.74. The second kappa shape index (κ2) is 7.56. The van der Waals surface area contributed by atoms with Gasteiger partial charge in [0.1, 0.15) is 11.4 Å². The molecule has 0 aliphatic heterocycles. The summed E-state index contributed by atoms with van der Waals surface area (Å²) in [4.78, 5) is 23.9. The van der Waals surface area contributed by atoms with Crippen LogP contribution in [0.25, 0.3) is 0 Å². The first-order chi connectivity index (χ1) is 13.0. The van der Waals surface area contributed by atoms with Crippen molar-refractivity contribution in [2.75, 3.05) is 6.54 Å². The van der Waals surface area contributed by atoms with Crippen LogP contribution in [0.4, 0.5) is 13.6 Å². The number of hydrogen-bond acceptors (Lipinski definition) is 4. The lowest BCUT2D eigenvalue weighted by Crippen LogP contribution is -2.48. The van der Waals surface area contributed by atoms with Crippen LogP contribution < -0.4 is 15.4 Å². The molecule has 1 aromatic carbocycles. The SMILES string of the molecule is CC(C)(C)OC(=O)NCC1CC(NC(=O)c2ccc(OC3CC3(F)F)cc2)C1. The fourth-order valence-electron chi connectivity index (χ4n) is 3.00. The molecule has 154 valence electrons. The number of halogens is 2. The predicted molar refractivity (Wildman–Crippen MR) is 98.6 cm³/mol. The van der Waals surface area contributed by atoms with Gasteiger partial charge in [0.2, 0.25) is 0 Å². The first-order valence-corrected chi connectivity index (χ1v) is 9.44. The first kappa shape index (κ1) is 20.4. The predicted octanol–water partition coefficient (Wildman–Crippen LogP) is 3.51. The molecular formula is C20H26F2N2O4. The summed E-state index contributed by atoms with van der Waals surface area (Å²) in [6.07, 6.45) is -0.209. The summed E-state index contributed by atoms with van der Waals surface area (Å²) in [5, 5.41) is 5.67. The highest BCUT2D eigenvalue weighted by molar-refractivity contribution is 5.94. The summed E-state index contributed by atoms with van der Waals surface area (Å²) >= 11 is 0. The Morgan fingerprint density at radius 3 is 2.32 bits per heavy atom. The molecule has 8 heteroatoms. The molecule has 0 radical (unpaired) electrons. The number of alkyl halides is 2. The summed E-state index contributed by atoms with van der Waals surface area (Å²) in [5.74, 6) is -2.33. The third kappa shape index (κ3) is 5.56. The molecular weight excluding hydrogens is 370 g/mol. The highest BCUT2D eigenvalue weighted by Gasteiger charge is 2.59. The van der Waals surface area contributed by atoms with Crippen LogP contribution in [0.2, 0.25) is 0 Å². The maximum absolute atomic E-state index is 12.9. The maximum Gasteiger partial charge on any atom is 0.407 e. The molecule has 6 nitrogen and oxygen atoms in total. The number of alkyl carbamates (subject to hydrolysis) is 1. The average molecular weight is 396 g/mol. The van der Waals surface area contributed by atoms with Gasteiger partial charge in [0.05, 0.1) is 6.42 Å². The van der Waals surface area contributed by atoms with Crippen LogP contribution in [-0.2, 0) is 4.74 Å². The van der Waals surface area contributed by atoms with Gasteiger partial charge in [-0.15, -0.1) is 0 Å². The van der Waals surface area contributed by atoms with E-state index in [1.54, 1.807) is 32.9 Å². The summed E-state index contributed by atoms with van der Waals surface area (Å²) < 4.78 is 36.1. The lowest BCUT2D eigenvalue weighted by Gasteiger charge is -2.36. The van der Waals surface area contributed by atoms with Crippen LogP contribution in [0.3, 0.4) is 0 Å². The van der Waals surface area contributed by atoms with Gasteiger partial charge in [0, 0.05) is 18.2 Å². The van der Waals surface area contributed by atoms with Gasteiger partial charge >= 0.3 is 6.09 Å². The van der Waals surface area contributed by atoms with E-state index in [9.17, 15) is 18.4 Å². The number of rotatable bonds is 6. The van der Waals surface area contributed by atoms with E-state index in [-0.39, 0.29) is 18.4 Å². The summed E-state index contributed by atoms with van der Waals surface area (Å²) in [6.45, 7) is 5.93. The molecule has 0 saturated heterocycles. The van der Waals surface area contributed by atoms with Gasteiger partial charge in [-0.3, -0.25) is 4.79 Å². The second-order valence-electron chi connectivity index (χ2n) is 8.49. The van der Waals surface area contributed by atoms with E-state index >= 15 is 0 Å². The summed E-state index contributed by atoms with van der Waals surface area (Å²) in [7, 11) is 0. The van der Waals surface area contributed by atoms with Crippen LogP contribution in [0, 0.1) is 5.92 Å². The minimum absolute atomic E-state index is 0.0546. The van der Waals surface area contributed by atoms with Crippen molar-refractivity contribution < 1.29 is 27.8 Å². The Kier molecular flexibility index (Phi) is 5.50. The Hall–Kier alpha value is -2.38. The molecule has 28 heavy (non-hydrogen) atoms. The van der Waals surface area contributed by atoms with Gasteiger partial charge in [-0.25, -0.2) is 13.6 Å². The topological polar surface area (TPSA) is 76.7 Å². The van der Waals surface area contributed by atoms with Crippen LogP contribution in [-0.4, -0.2) is 42.2 Å². The molecule has 1 unspecified atom stereocenters. The monoisotopic (exact) mass is 396 g/mol. The van der Waals surface area contributed by atoms with E-state index in [1.807, 2.05) is 0 Å². The molecule has 2 aliphatic rings. The van der Waals surface area contributed by atoms with Crippen molar-refractivity contribution in [3.63, 3.8) is 0 Å². The minimum Gasteiger partial charge on any atom is -0.484 e. The largest absolute Gasteiger partial charge is 0.484 e. The maximum atomic E-state index is 12.9. The van der Waals surface area contributed by atoms with E-state index in [4.69, 9.17) is 9.47 Å². The molecule has 2 aliphatic carbocycles. The molecule has 1 aromatic rings. The molecule has 0 heterocycles. The van der Waals surface area contributed by atoms with Crippen molar-refractivity contribution in [3.05, 3.63) is 29.8 Å². The second-order valence-corrected chi connectivity index (χ2v) is 8.49. The van der Waals surface area contributed by atoms with E-state index in [2.05, 4.69) is 10.6 Å². The number of hydrogen-bond donors (Lipinski definition) is 2. The summed E-state index contributed by atoms with van der Waals surface area (Å²) in [6, 6.07) is 6.23. The van der Waals surface area contributed by atoms with Gasteiger partial charge in [-0.2, -0.15) is 0 Å². The molecule has 0 spiro atoms. The zero-order chi connectivity index (χ0) is 20.5. The number of carbonyl (C=O) groups excluding carboxylic acids is 2. The molecule has 0 aromatic heterocycles. The van der Waals surface area contributed by atoms with Gasteiger partial charge < -0.3 is 20.1 Å². The molecule has 2 saturated carbocycles. The molecule has 3 rings (SSSR count). The molecule has 1 atom stereocenters. The highest BCUT2D eigenvalue weighted by atomic mass is 19.3. The standard InChI is InChI=1S/C20H26F2N2O4/c1-19(2,3)28-18(26)23-11-12-8-14(9-12)24-17(25)13-4-6-15(7-5-13)27-16-10-20(16,21)22/h4-7,12,14,16H,8-11H2,1-3H3,(H,23,26)(H,24,25). The average Bonchev–Trinajstić information content (AvgIpc) is 3.14. The fourth-order valence-corrected chi connectivity index (χ4v) is 3.00. The van der Waals surface area contributed by atoms with Crippen LogP contribution in [0.1, 0.15) is 50.4 Å². The number of nitrogens with one attached hydrogen (secondary N) is 2. The van der Waals surface area contributed by atoms with Gasteiger partial charge in [-0.1, -0.05) is 0 Å². The number of carbonyl (C=O) groups is 2. The van der Waals surface area contributed by atoms with Crippen molar-refractivity contribution in [1.82, 2.24) is 10.6 Å². The zero-order valence-electron chi connectivity index (χ0n) is 16.3. The van der Waals surface area contributed by atoms with E-state index in [0.29, 0.717) is 23.8 Å². The van der Waals surface area contributed by atoms with E-state index in [1.165, 1.54) is 12.1 Å². The van der Waals surface area contributed by atoms with Crippen molar-refractivity contribution in [1.29, 1.82) is 0 Å². The van der Waals surface area contributed by atoms with Crippen molar-refractivity contribution in [2.45, 2.75) is 63.7 Å². The Bertz CT molecular complexity index is 725. The Morgan fingerprint density at radius 1 is 1.18 bits per heavy atom. The normalized spacial score (nSPS) is 25.2. The van der Waals surface area contributed by atoms with Crippen molar-refractivity contribution in [2.24, 2.45) is 5.92 Å². The Labute approximate surface area is 163 Å². The lowest BCUT2D eigenvalue weighted by molar-refractivity contribution is 0.0500. The molecule has 2 N–H and O–H groups in total. The third-order valence-electron chi connectivity index (χ3n) is 4.67. The van der Waals surface area contributed by atoms with E-state index in [0.717, 1.165) is 12.8 Å². The third-order valence-corrected chi connectivity index (χ3v) is 4.67. The van der Waals surface area contributed by atoms with E-state index < -0.39 is 23.7 Å². The number of ether oxygens (including phenoxy) is 2. The molecule has 2 amide bonds. The van der Waals surface area contributed by atoms with Crippen LogP contribution in [0.15, 0.2) is 24.3 Å². The van der Waals surface area contributed by atoms with Crippen LogP contribution in [0.5, 0.6) is 5.75 Å². The number of amides is 2. The summed E-state index contributed by atoms with van der Waals surface area (Å²) in [5.41, 5.74) is -0.0782. The Morgan fingerprint density at radius 2 is 1.79 bits per heavy atom. The van der Waals surface area contributed by atoms with Gasteiger partial charge in [0.15, 0.2) is 6.10 Å². The quantitative estimate of drug-likeness (QED) is 0.772. The fraction of sp³-hybridized carbons (Fsp3) is 0.600.